The Bertz CT molecular complexity index is 528. The van der Waals surface area contributed by atoms with Gasteiger partial charge in [-0.05, 0) is 34.9 Å². The Morgan fingerprint density at radius 1 is 1.20 bits per heavy atom. The first-order chi connectivity index (χ1) is 9.40. The highest BCUT2D eigenvalue weighted by molar-refractivity contribution is 7.16. The number of hydrogen-bond acceptors (Lipinski definition) is 3. The van der Waals surface area contributed by atoms with E-state index < -0.39 is 0 Å². The SMILES string of the molecule is CC(C)C(C)(C)CNC(c1cccs1)c1ccc(Cl)s1. The van der Waals surface area contributed by atoms with E-state index in [4.69, 9.17) is 11.6 Å². The fourth-order valence-electron chi connectivity index (χ4n) is 1.85. The molecule has 0 aliphatic heterocycles. The second-order valence-electron chi connectivity index (χ2n) is 6.11. The van der Waals surface area contributed by atoms with Crippen LogP contribution in [-0.4, -0.2) is 6.54 Å². The van der Waals surface area contributed by atoms with Gasteiger partial charge < -0.3 is 5.32 Å². The molecule has 0 fully saturated rings. The fraction of sp³-hybridized carbons (Fsp3) is 0.500. The third-order valence-corrected chi connectivity index (χ3v) is 6.26. The molecule has 1 nitrogen and oxygen atoms in total. The van der Waals surface area contributed by atoms with Crippen molar-refractivity contribution in [1.29, 1.82) is 0 Å². The van der Waals surface area contributed by atoms with E-state index in [1.807, 2.05) is 6.07 Å². The third-order valence-electron chi connectivity index (χ3n) is 4.03. The topological polar surface area (TPSA) is 12.0 Å². The summed E-state index contributed by atoms with van der Waals surface area (Å²) in [6.07, 6.45) is 0. The number of rotatable bonds is 6. The molecule has 0 saturated carbocycles. The molecule has 4 heteroatoms. The molecule has 1 atom stereocenters. The number of thiophene rings is 2. The molecule has 0 aliphatic rings. The number of halogens is 1. The molecule has 0 aliphatic carbocycles. The molecule has 0 aromatic carbocycles. The van der Waals surface area contributed by atoms with Gasteiger partial charge in [-0.2, -0.15) is 0 Å². The van der Waals surface area contributed by atoms with Gasteiger partial charge in [-0.25, -0.2) is 0 Å². The predicted octanol–water partition coefficient (Wildman–Crippen LogP) is 5.82. The Balaban J connectivity index is 2.17. The summed E-state index contributed by atoms with van der Waals surface area (Å²) < 4.78 is 0.853. The molecule has 0 spiro atoms. The molecular weight excluding hydrogens is 306 g/mol. The van der Waals surface area contributed by atoms with Crippen molar-refractivity contribution < 1.29 is 0 Å². The average Bonchev–Trinajstić information content (AvgIpc) is 3.01. The molecule has 0 amide bonds. The number of hydrogen-bond donors (Lipinski definition) is 1. The van der Waals surface area contributed by atoms with Gasteiger partial charge in [-0.15, -0.1) is 22.7 Å². The second kappa shape index (κ2) is 6.61. The summed E-state index contributed by atoms with van der Waals surface area (Å²) in [5.74, 6) is 0.644. The van der Waals surface area contributed by atoms with E-state index in [0.29, 0.717) is 5.92 Å². The van der Waals surface area contributed by atoms with Crippen LogP contribution in [0.25, 0.3) is 0 Å². The van der Waals surface area contributed by atoms with Crippen molar-refractivity contribution in [3.05, 3.63) is 43.7 Å². The van der Waals surface area contributed by atoms with Gasteiger partial charge in [0, 0.05) is 16.3 Å². The minimum absolute atomic E-state index is 0.255. The first kappa shape index (κ1) is 16.0. The van der Waals surface area contributed by atoms with Crippen molar-refractivity contribution in [2.24, 2.45) is 11.3 Å². The van der Waals surface area contributed by atoms with Gasteiger partial charge >= 0.3 is 0 Å². The van der Waals surface area contributed by atoms with Gasteiger partial charge in [0.1, 0.15) is 0 Å². The van der Waals surface area contributed by atoms with Crippen LogP contribution in [0.5, 0.6) is 0 Å². The van der Waals surface area contributed by atoms with E-state index in [-0.39, 0.29) is 11.5 Å². The highest BCUT2D eigenvalue weighted by Crippen LogP contribution is 2.34. The quantitative estimate of drug-likeness (QED) is 0.704. The largest absolute Gasteiger partial charge is 0.304 e. The molecule has 1 N–H and O–H groups in total. The Labute approximate surface area is 135 Å². The number of nitrogens with one attached hydrogen (secondary N) is 1. The van der Waals surface area contributed by atoms with Crippen LogP contribution >= 0.6 is 34.3 Å². The van der Waals surface area contributed by atoms with Crippen molar-refractivity contribution in [3.8, 4) is 0 Å². The normalized spacial score (nSPS) is 13.9. The van der Waals surface area contributed by atoms with Crippen LogP contribution in [-0.2, 0) is 0 Å². The molecule has 2 heterocycles. The first-order valence-electron chi connectivity index (χ1n) is 6.92. The minimum Gasteiger partial charge on any atom is -0.304 e. The van der Waals surface area contributed by atoms with Gasteiger partial charge in [-0.3, -0.25) is 0 Å². The van der Waals surface area contributed by atoms with Crippen LogP contribution < -0.4 is 5.32 Å². The zero-order chi connectivity index (χ0) is 14.8. The van der Waals surface area contributed by atoms with Crippen molar-refractivity contribution in [1.82, 2.24) is 5.32 Å². The lowest BCUT2D eigenvalue weighted by molar-refractivity contribution is 0.233. The van der Waals surface area contributed by atoms with Crippen molar-refractivity contribution in [2.45, 2.75) is 33.7 Å². The van der Waals surface area contributed by atoms with E-state index in [9.17, 15) is 0 Å². The maximum absolute atomic E-state index is 6.10. The molecular formula is C16H22ClNS2. The van der Waals surface area contributed by atoms with E-state index in [2.05, 4.69) is 56.6 Å². The summed E-state index contributed by atoms with van der Waals surface area (Å²) in [5.41, 5.74) is 0.274. The van der Waals surface area contributed by atoms with Crippen LogP contribution in [0.3, 0.4) is 0 Å². The molecule has 2 rings (SSSR count). The summed E-state index contributed by atoms with van der Waals surface area (Å²) in [6.45, 7) is 10.2. The smallest absolute Gasteiger partial charge is 0.0931 e. The van der Waals surface area contributed by atoms with Gasteiger partial charge in [0.25, 0.3) is 0 Å². The lowest BCUT2D eigenvalue weighted by atomic mass is 9.81. The monoisotopic (exact) mass is 327 g/mol. The molecule has 1 unspecified atom stereocenters. The molecule has 2 aromatic rings. The summed E-state index contributed by atoms with van der Waals surface area (Å²) in [6, 6.07) is 8.67. The maximum atomic E-state index is 6.10. The standard InChI is InChI=1S/C16H22ClNS2/c1-11(2)16(3,4)10-18-15(12-6-5-9-19-12)13-7-8-14(17)20-13/h5-9,11,15,18H,10H2,1-4H3. The van der Waals surface area contributed by atoms with Gasteiger partial charge in [0.2, 0.25) is 0 Å². The van der Waals surface area contributed by atoms with Crippen LogP contribution in [0, 0.1) is 11.3 Å². The summed E-state index contributed by atoms with van der Waals surface area (Å²) in [4.78, 5) is 2.64. The van der Waals surface area contributed by atoms with Crippen LogP contribution in [0.1, 0.15) is 43.5 Å². The maximum Gasteiger partial charge on any atom is 0.0931 e. The molecule has 110 valence electrons. The molecule has 0 saturated heterocycles. The van der Waals surface area contributed by atoms with Crippen molar-refractivity contribution >= 4 is 34.3 Å². The van der Waals surface area contributed by atoms with Crippen molar-refractivity contribution in [2.75, 3.05) is 6.54 Å². The zero-order valence-electron chi connectivity index (χ0n) is 12.4. The van der Waals surface area contributed by atoms with Gasteiger partial charge in [-0.1, -0.05) is 45.4 Å². The van der Waals surface area contributed by atoms with Gasteiger partial charge in [0.05, 0.1) is 10.4 Å². The minimum atomic E-state index is 0.255. The lowest BCUT2D eigenvalue weighted by Crippen LogP contribution is -2.35. The lowest BCUT2D eigenvalue weighted by Gasteiger charge is -2.31. The highest BCUT2D eigenvalue weighted by Gasteiger charge is 2.25. The summed E-state index contributed by atoms with van der Waals surface area (Å²) in [7, 11) is 0. The second-order valence-corrected chi connectivity index (χ2v) is 8.84. The summed E-state index contributed by atoms with van der Waals surface area (Å²) in [5, 5.41) is 5.87. The Hall–Kier alpha value is -0.350. The molecule has 20 heavy (non-hydrogen) atoms. The predicted molar refractivity (Wildman–Crippen MR) is 92.1 cm³/mol. The molecule has 2 aromatic heterocycles. The van der Waals surface area contributed by atoms with Gasteiger partial charge in [0.15, 0.2) is 0 Å². The van der Waals surface area contributed by atoms with E-state index in [1.54, 1.807) is 22.7 Å². The average molecular weight is 328 g/mol. The fourth-order valence-corrected chi connectivity index (χ4v) is 3.90. The highest BCUT2D eigenvalue weighted by atomic mass is 35.5. The van der Waals surface area contributed by atoms with Crippen molar-refractivity contribution in [3.63, 3.8) is 0 Å². The van der Waals surface area contributed by atoms with E-state index >= 15 is 0 Å². The molecule has 0 bridgehead atoms. The molecule has 0 radical (unpaired) electrons. The zero-order valence-corrected chi connectivity index (χ0v) is 14.8. The van der Waals surface area contributed by atoms with E-state index in [0.717, 1.165) is 10.9 Å². The summed E-state index contributed by atoms with van der Waals surface area (Å²) >= 11 is 9.56. The van der Waals surface area contributed by atoms with Crippen LogP contribution in [0.4, 0.5) is 0 Å². The third kappa shape index (κ3) is 3.85. The Morgan fingerprint density at radius 2 is 1.95 bits per heavy atom. The van der Waals surface area contributed by atoms with E-state index in [1.165, 1.54) is 9.75 Å². The Kier molecular flexibility index (Phi) is 5.30. The van der Waals surface area contributed by atoms with Crippen LogP contribution in [0.15, 0.2) is 29.6 Å². The first-order valence-corrected chi connectivity index (χ1v) is 8.99. The van der Waals surface area contributed by atoms with Crippen LogP contribution in [0.2, 0.25) is 4.34 Å². The Morgan fingerprint density at radius 3 is 2.45 bits per heavy atom.